The molecule has 3 heterocycles. The van der Waals surface area contributed by atoms with E-state index in [9.17, 15) is 9.90 Å². The Hall–Kier alpha value is -2.38. The molecule has 4 rings (SSSR count). The van der Waals surface area contributed by atoms with Crippen molar-refractivity contribution in [3.63, 3.8) is 0 Å². The summed E-state index contributed by atoms with van der Waals surface area (Å²) in [6, 6.07) is 9.98. The maximum Gasteiger partial charge on any atom is 0.292 e. The molecule has 2 aromatic rings. The molecule has 2 aliphatic heterocycles. The number of piperidine rings is 2. The molecule has 7 nitrogen and oxygen atoms in total. The van der Waals surface area contributed by atoms with Crippen molar-refractivity contribution in [3.8, 4) is 5.75 Å². The topological polar surface area (TPSA) is 79.0 Å². The Bertz CT molecular complexity index is 829. The van der Waals surface area contributed by atoms with Crippen molar-refractivity contribution in [2.45, 2.75) is 44.2 Å². The molecule has 0 bridgehead atoms. The number of nitrogens with zero attached hydrogens (tertiary/aromatic N) is 3. The Balaban J connectivity index is 1.38. The number of carbonyl (C=O) groups excluding carboxylic acids is 1. The van der Waals surface area contributed by atoms with E-state index < -0.39 is 0 Å². The number of amides is 1. The Morgan fingerprint density at radius 2 is 2.07 bits per heavy atom. The molecule has 156 valence electrons. The molecule has 1 aromatic heterocycles. The minimum absolute atomic E-state index is 0.125. The van der Waals surface area contributed by atoms with Crippen molar-refractivity contribution in [3.05, 3.63) is 47.3 Å². The fraction of sp³-hybridized carbons (Fsp3) is 0.545. The van der Waals surface area contributed by atoms with Gasteiger partial charge in [-0.15, -0.1) is 0 Å². The molecule has 1 aromatic carbocycles. The molecule has 1 N–H and O–H groups in total. The first-order chi connectivity index (χ1) is 14.1. The quantitative estimate of drug-likeness (QED) is 0.833. The average molecular weight is 399 g/mol. The van der Waals surface area contributed by atoms with E-state index in [2.05, 4.69) is 22.2 Å². The van der Waals surface area contributed by atoms with Crippen molar-refractivity contribution in [2.24, 2.45) is 0 Å². The van der Waals surface area contributed by atoms with Crippen LogP contribution in [0.5, 0.6) is 5.75 Å². The zero-order valence-electron chi connectivity index (χ0n) is 16.9. The number of benzene rings is 1. The summed E-state index contributed by atoms with van der Waals surface area (Å²) < 4.78 is 10.7. The van der Waals surface area contributed by atoms with E-state index in [0.29, 0.717) is 31.7 Å². The van der Waals surface area contributed by atoms with Crippen LogP contribution in [0.15, 0.2) is 34.9 Å². The number of aliphatic hydroxyl groups excluding tert-OH is 1. The van der Waals surface area contributed by atoms with Gasteiger partial charge in [-0.25, -0.2) is 0 Å². The third-order valence-electron chi connectivity index (χ3n) is 5.95. The highest BCUT2D eigenvalue weighted by Gasteiger charge is 2.28. The second kappa shape index (κ2) is 8.97. The second-order valence-electron chi connectivity index (χ2n) is 8.07. The lowest BCUT2D eigenvalue weighted by Crippen LogP contribution is -2.39. The molecule has 1 amide bonds. The number of carbonyl (C=O) groups is 1. The molecule has 2 fully saturated rings. The number of methoxy groups -OCH3 is 1. The first-order valence-corrected chi connectivity index (χ1v) is 10.4. The highest BCUT2D eigenvalue weighted by Crippen LogP contribution is 2.28. The van der Waals surface area contributed by atoms with Gasteiger partial charge in [-0.05, 0) is 49.9 Å². The maximum atomic E-state index is 12.7. The lowest BCUT2D eigenvalue weighted by atomic mass is 9.94. The molecule has 29 heavy (non-hydrogen) atoms. The molecule has 1 atom stereocenters. The van der Waals surface area contributed by atoms with Crippen molar-refractivity contribution < 1.29 is 19.2 Å². The molecule has 0 aliphatic carbocycles. The summed E-state index contributed by atoms with van der Waals surface area (Å²) in [5, 5.41) is 13.8. The lowest BCUT2D eigenvalue weighted by Gasteiger charge is -2.31. The normalized spacial score (nSPS) is 21.3. The van der Waals surface area contributed by atoms with Gasteiger partial charge in [0.15, 0.2) is 0 Å². The molecule has 1 unspecified atom stereocenters. The third kappa shape index (κ3) is 4.79. The predicted molar refractivity (Wildman–Crippen MR) is 108 cm³/mol. The summed E-state index contributed by atoms with van der Waals surface area (Å²) in [5.74, 6) is 1.32. The second-order valence-corrected chi connectivity index (χ2v) is 8.07. The van der Waals surface area contributed by atoms with Crippen LogP contribution in [0, 0.1) is 0 Å². The summed E-state index contributed by atoms with van der Waals surface area (Å²) in [4.78, 5) is 16.8. The molecule has 0 saturated carbocycles. The maximum absolute atomic E-state index is 12.7. The van der Waals surface area contributed by atoms with Crippen LogP contribution in [0.3, 0.4) is 0 Å². The minimum atomic E-state index is -0.304. The van der Waals surface area contributed by atoms with Crippen molar-refractivity contribution in [2.75, 3.05) is 33.3 Å². The van der Waals surface area contributed by atoms with Crippen LogP contribution >= 0.6 is 0 Å². The standard InChI is InChI=1S/C22H29N3O4/c1-28-19-6-2-4-16(12-19)14-24-9-3-5-17(15-24)20-13-21(29-23-20)22(27)25-10-7-18(26)8-11-25/h2,4,6,12-13,17-18,26H,3,5,7-11,14-15H2,1H3. The van der Waals surface area contributed by atoms with Gasteiger partial charge in [-0.3, -0.25) is 9.69 Å². The number of aliphatic hydroxyl groups is 1. The SMILES string of the molecule is COc1cccc(CN2CCCC(c3cc(C(=O)N4CCC(O)CC4)on3)C2)c1. The van der Waals surface area contributed by atoms with Gasteiger partial charge < -0.3 is 19.3 Å². The third-order valence-corrected chi connectivity index (χ3v) is 5.95. The van der Waals surface area contributed by atoms with E-state index in [1.807, 2.05) is 18.2 Å². The van der Waals surface area contributed by atoms with E-state index in [0.717, 1.165) is 43.9 Å². The predicted octanol–water partition coefficient (Wildman–Crippen LogP) is 2.66. The van der Waals surface area contributed by atoms with Gasteiger partial charge in [0.2, 0.25) is 5.76 Å². The highest BCUT2D eigenvalue weighted by atomic mass is 16.5. The first kappa shape index (κ1) is 19.9. The summed E-state index contributed by atoms with van der Waals surface area (Å²) >= 11 is 0. The molecule has 2 aliphatic rings. The van der Waals surface area contributed by atoms with Crippen molar-refractivity contribution >= 4 is 5.91 Å². The van der Waals surface area contributed by atoms with Crippen LogP contribution in [0.1, 0.15) is 53.4 Å². The number of hydrogen-bond donors (Lipinski definition) is 1. The monoisotopic (exact) mass is 399 g/mol. The number of ether oxygens (including phenoxy) is 1. The fourth-order valence-corrected chi connectivity index (χ4v) is 4.28. The van der Waals surface area contributed by atoms with E-state index in [4.69, 9.17) is 9.26 Å². The van der Waals surface area contributed by atoms with Crippen LogP contribution in [0.25, 0.3) is 0 Å². The summed E-state index contributed by atoms with van der Waals surface area (Å²) in [6.07, 6.45) is 3.07. The molecular weight excluding hydrogens is 370 g/mol. The zero-order valence-corrected chi connectivity index (χ0v) is 16.9. The van der Waals surface area contributed by atoms with Gasteiger partial charge in [-0.2, -0.15) is 0 Å². The fourth-order valence-electron chi connectivity index (χ4n) is 4.28. The van der Waals surface area contributed by atoms with Gasteiger partial charge in [-0.1, -0.05) is 17.3 Å². The van der Waals surface area contributed by atoms with Crippen LogP contribution in [-0.4, -0.2) is 65.4 Å². The summed E-state index contributed by atoms with van der Waals surface area (Å²) in [5.41, 5.74) is 2.09. The van der Waals surface area contributed by atoms with E-state index in [-0.39, 0.29) is 17.9 Å². The summed E-state index contributed by atoms with van der Waals surface area (Å²) in [7, 11) is 1.69. The van der Waals surface area contributed by atoms with Gasteiger partial charge in [0, 0.05) is 38.2 Å². The van der Waals surface area contributed by atoms with Gasteiger partial charge in [0.1, 0.15) is 5.75 Å². The molecule has 2 saturated heterocycles. The number of likely N-dealkylation sites (tertiary alicyclic amines) is 2. The number of aromatic nitrogens is 1. The van der Waals surface area contributed by atoms with Crippen molar-refractivity contribution in [1.29, 1.82) is 0 Å². The Kier molecular flexibility index (Phi) is 6.16. The van der Waals surface area contributed by atoms with Gasteiger partial charge in [0.25, 0.3) is 5.91 Å². The smallest absolute Gasteiger partial charge is 0.292 e. The van der Waals surface area contributed by atoms with Gasteiger partial charge in [0.05, 0.1) is 18.9 Å². The zero-order chi connectivity index (χ0) is 20.2. The average Bonchev–Trinajstić information content (AvgIpc) is 3.24. The van der Waals surface area contributed by atoms with E-state index in [1.54, 1.807) is 12.0 Å². The highest BCUT2D eigenvalue weighted by molar-refractivity contribution is 5.91. The van der Waals surface area contributed by atoms with Crippen molar-refractivity contribution in [1.82, 2.24) is 15.0 Å². The summed E-state index contributed by atoms with van der Waals surface area (Å²) in [6.45, 7) is 3.94. The Labute approximate surface area is 171 Å². The number of hydrogen-bond acceptors (Lipinski definition) is 6. The minimum Gasteiger partial charge on any atom is -0.497 e. The molecule has 0 spiro atoms. The van der Waals surface area contributed by atoms with Gasteiger partial charge >= 0.3 is 0 Å². The molecule has 7 heteroatoms. The largest absolute Gasteiger partial charge is 0.497 e. The first-order valence-electron chi connectivity index (χ1n) is 10.4. The number of rotatable bonds is 5. The van der Waals surface area contributed by atoms with Crippen LogP contribution in [-0.2, 0) is 6.54 Å². The van der Waals surface area contributed by atoms with Crippen LogP contribution in [0.4, 0.5) is 0 Å². The Morgan fingerprint density at radius 3 is 2.86 bits per heavy atom. The van der Waals surface area contributed by atoms with Crippen LogP contribution in [0.2, 0.25) is 0 Å². The Morgan fingerprint density at radius 1 is 1.24 bits per heavy atom. The molecule has 0 radical (unpaired) electrons. The lowest BCUT2D eigenvalue weighted by molar-refractivity contribution is 0.0512. The van der Waals surface area contributed by atoms with E-state index >= 15 is 0 Å². The van der Waals surface area contributed by atoms with Crippen LogP contribution < -0.4 is 4.74 Å². The van der Waals surface area contributed by atoms with E-state index in [1.165, 1.54) is 5.56 Å². The molecular formula is C22H29N3O4.